The lowest BCUT2D eigenvalue weighted by atomic mass is 10.2. The average molecular weight is 410 g/mol. The molecule has 27 heavy (non-hydrogen) atoms. The first-order valence-corrected chi connectivity index (χ1v) is 10.3. The molecule has 2 aromatic rings. The van der Waals surface area contributed by atoms with E-state index in [4.69, 9.17) is 21.1 Å². The van der Waals surface area contributed by atoms with Crippen molar-refractivity contribution in [3.8, 4) is 0 Å². The second-order valence-electron chi connectivity index (χ2n) is 6.22. The highest BCUT2D eigenvalue weighted by atomic mass is 35.5. The van der Waals surface area contributed by atoms with E-state index < -0.39 is 16.0 Å². The van der Waals surface area contributed by atoms with Gasteiger partial charge in [-0.05, 0) is 30.7 Å². The van der Waals surface area contributed by atoms with Crippen LogP contribution in [0.5, 0.6) is 0 Å². The zero-order valence-electron chi connectivity index (χ0n) is 14.9. The highest BCUT2D eigenvalue weighted by Gasteiger charge is 2.29. The minimum atomic E-state index is -3.81. The predicted molar refractivity (Wildman–Crippen MR) is 101 cm³/mol. The Bertz CT molecular complexity index is 922. The molecule has 0 radical (unpaired) electrons. The fraction of sp³-hybridized carbons (Fsp3) is 0.316. The van der Waals surface area contributed by atoms with Gasteiger partial charge in [0, 0.05) is 13.1 Å². The quantitative estimate of drug-likeness (QED) is 0.710. The Morgan fingerprint density at radius 2 is 1.81 bits per heavy atom. The lowest BCUT2D eigenvalue weighted by Gasteiger charge is -2.26. The van der Waals surface area contributed by atoms with E-state index in [-0.39, 0.29) is 35.2 Å². The fourth-order valence-electron chi connectivity index (χ4n) is 2.67. The van der Waals surface area contributed by atoms with Gasteiger partial charge in [0.15, 0.2) is 0 Å². The number of carbonyl (C=O) groups excluding carboxylic acids is 1. The summed E-state index contributed by atoms with van der Waals surface area (Å²) in [7, 11) is -3.81. The first kappa shape index (κ1) is 19.8. The van der Waals surface area contributed by atoms with Gasteiger partial charge in [-0.25, -0.2) is 13.2 Å². The molecule has 8 heteroatoms. The SMILES string of the molecule is Cc1ccc(COC(=O)c2ccc(Cl)c(S(=O)(=O)N3CCOCC3)c2)cc1. The maximum Gasteiger partial charge on any atom is 0.338 e. The Morgan fingerprint density at radius 3 is 2.48 bits per heavy atom. The van der Waals surface area contributed by atoms with Crippen LogP contribution in [0.2, 0.25) is 5.02 Å². The van der Waals surface area contributed by atoms with Crippen LogP contribution in [0.15, 0.2) is 47.4 Å². The van der Waals surface area contributed by atoms with Crippen LogP contribution in [-0.2, 0) is 26.1 Å². The maximum absolute atomic E-state index is 12.8. The van der Waals surface area contributed by atoms with Gasteiger partial charge in [-0.15, -0.1) is 0 Å². The van der Waals surface area contributed by atoms with Crippen LogP contribution in [0.3, 0.4) is 0 Å². The number of sulfonamides is 1. The van der Waals surface area contributed by atoms with E-state index >= 15 is 0 Å². The van der Waals surface area contributed by atoms with Crippen molar-refractivity contribution in [3.05, 3.63) is 64.2 Å². The van der Waals surface area contributed by atoms with Crippen molar-refractivity contribution in [2.24, 2.45) is 0 Å². The van der Waals surface area contributed by atoms with Gasteiger partial charge in [-0.1, -0.05) is 41.4 Å². The molecule has 1 fully saturated rings. The number of hydrogen-bond acceptors (Lipinski definition) is 5. The highest BCUT2D eigenvalue weighted by molar-refractivity contribution is 7.89. The normalized spacial score (nSPS) is 15.5. The third-order valence-corrected chi connectivity index (χ3v) is 6.63. The Balaban J connectivity index is 1.77. The molecular weight excluding hydrogens is 390 g/mol. The highest BCUT2D eigenvalue weighted by Crippen LogP contribution is 2.27. The second kappa shape index (κ2) is 8.39. The van der Waals surface area contributed by atoms with Gasteiger partial charge in [0.05, 0.1) is 23.8 Å². The monoisotopic (exact) mass is 409 g/mol. The molecule has 0 amide bonds. The van der Waals surface area contributed by atoms with Crippen molar-refractivity contribution in [1.82, 2.24) is 4.31 Å². The van der Waals surface area contributed by atoms with Crippen LogP contribution in [-0.4, -0.2) is 45.0 Å². The number of carbonyl (C=O) groups is 1. The van der Waals surface area contributed by atoms with E-state index in [1.54, 1.807) is 0 Å². The summed E-state index contributed by atoms with van der Waals surface area (Å²) < 4.78 is 37.4. The number of esters is 1. The van der Waals surface area contributed by atoms with Gasteiger partial charge in [0.1, 0.15) is 11.5 Å². The number of halogens is 1. The van der Waals surface area contributed by atoms with E-state index in [1.165, 1.54) is 22.5 Å². The van der Waals surface area contributed by atoms with Crippen molar-refractivity contribution in [2.75, 3.05) is 26.3 Å². The van der Waals surface area contributed by atoms with Crippen LogP contribution >= 0.6 is 11.6 Å². The van der Waals surface area contributed by atoms with Crippen LogP contribution in [0.1, 0.15) is 21.5 Å². The summed E-state index contributed by atoms with van der Waals surface area (Å²) in [5.74, 6) is -0.606. The number of nitrogens with zero attached hydrogens (tertiary/aromatic N) is 1. The van der Waals surface area contributed by atoms with E-state index in [2.05, 4.69) is 0 Å². The van der Waals surface area contributed by atoms with Crippen LogP contribution in [0.25, 0.3) is 0 Å². The first-order chi connectivity index (χ1) is 12.9. The Hall–Kier alpha value is -1.93. The third kappa shape index (κ3) is 4.68. The molecule has 6 nitrogen and oxygen atoms in total. The van der Waals surface area contributed by atoms with Crippen molar-refractivity contribution in [1.29, 1.82) is 0 Å². The molecule has 1 saturated heterocycles. The van der Waals surface area contributed by atoms with Gasteiger partial charge in [-0.3, -0.25) is 0 Å². The fourth-order valence-corrected chi connectivity index (χ4v) is 4.58. The van der Waals surface area contributed by atoms with Gasteiger partial charge in [0.25, 0.3) is 0 Å². The van der Waals surface area contributed by atoms with E-state index in [0.717, 1.165) is 11.1 Å². The van der Waals surface area contributed by atoms with Crippen LogP contribution in [0.4, 0.5) is 0 Å². The molecule has 1 heterocycles. The standard InChI is InChI=1S/C19H20ClNO5S/c1-14-2-4-15(5-3-14)13-26-19(22)16-6-7-17(20)18(12-16)27(23,24)21-8-10-25-11-9-21/h2-7,12H,8-11,13H2,1H3. The van der Waals surface area contributed by atoms with E-state index in [9.17, 15) is 13.2 Å². The molecule has 0 atom stereocenters. The maximum atomic E-state index is 12.8. The molecule has 0 aliphatic carbocycles. The van der Waals surface area contributed by atoms with Crippen molar-refractivity contribution >= 4 is 27.6 Å². The van der Waals surface area contributed by atoms with Gasteiger partial charge < -0.3 is 9.47 Å². The molecule has 0 aromatic heterocycles. The molecule has 0 unspecified atom stereocenters. The predicted octanol–water partition coefficient (Wildman–Crippen LogP) is 3.03. The van der Waals surface area contributed by atoms with Gasteiger partial charge >= 0.3 is 5.97 Å². The Morgan fingerprint density at radius 1 is 1.15 bits per heavy atom. The molecule has 0 N–H and O–H groups in total. The minimum absolute atomic E-state index is 0.0663. The summed E-state index contributed by atoms with van der Waals surface area (Å²) in [5.41, 5.74) is 2.10. The van der Waals surface area contributed by atoms with Gasteiger partial charge in [-0.2, -0.15) is 4.31 Å². The molecule has 0 saturated carbocycles. The number of benzene rings is 2. The van der Waals surface area contributed by atoms with Crippen molar-refractivity contribution < 1.29 is 22.7 Å². The Labute approximate surface area is 163 Å². The summed E-state index contributed by atoms with van der Waals surface area (Å²) >= 11 is 6.10. The molecule has 1 aliphatic rings. The second-order valence-corrected chi connectivity index (χ2v) is 8.54. The van der Waals surface area contributed by atoms with Crippen molar-refractivity contribution in [3.63, 3.8) is 0 Å². The zero-order valence-corrected chi connectivity index (χ0v) is 16.4. The minimum Gasteiger partial charge on any atom is -0.457 e. The van der Waals surface area contributed by atoms with Crippen LogP contribution < -0.4 is 0 Å². The smallest absolute Gasteiger partial charge is 0.338 e. The number of aryl methyl sites for hydroxylation is 1. The van der Waals surface area contributed by atoms with Gasteiger partial charge in [0.2, 0.25) is 10.0 Å². The third-order valence-electron chi connectivity index (χ3n) is 4.25. The molecule has 3 rings (SSSR count). The molecular formula is C19H20ClNO5S. The summed E-state index contributed by atoms with van der Waals surface area (Å²) in [5, 5.41) is 0.0663. The largest absolute Gasteiger partial charge is 0.457 e. The Kier molecular flexibility index (Phi) is 6.16. The number of ether oxygens (including phenoxy) is 2. The van der Waals surface area contributed by atoms with E-state index in [1.807, 2.05) is 31.2 Å². The molecule has 1 aliphatic heterocycles. The summed E-state index contributed by atoms with van der Waals surface area (Å²) in [6.07, 6.45) is 0. The number of morpholine rings is 1. The summed E-state index contributed by atoms with van der Waals surface area (Å²) in [6, 6.07) is 11.7. The lowest BCUT2D eigenvalue weighted by Crippen LogP contribution is -2.40. The molecule has 0 spiro atoms. The zero-order chi connectivity index (χ0) is 19.4. The first-order valence-electron chi connectivity index (χ1n) is 8.48. The topological polar surface area (TPSA) is 72.9 Å². The summed E-state index contributed by atoms with van der Waals surface area (Å²) in [6.45, 7) is 3.24. The summed E-state index contributed by atoms with van der Waals surface area (Å²) in [4.78, 5) is 12.3. The molecule has 0 bridgehead atoms. The van der Waals surface area contributed by atoms with Crippen LogP contribution in [0, 0.1) is 6.92 Å². The lowest BCUT2D eigenvalue weighted by molar-refractivity contribution is 0.0472. The molecule has 2 aromatic carbocycles. The number of hydrogen-bond donors (Lipinski definition) is 0. The van der Waals surface area contributed by atoms with E-state index in [0.29, 0.717) is 13.2 Å². The molecule has 144 valence electrons. The average Bonchev–Trinajstić information content (AvgIpc) is 2.68. The number of rotatable bonds is 5. The van der Waals surface area contributed by atoms with Crippen molar-refractivity contribution in [2.45, 2.75) is 18.4 Å².